The van der Waals surface area contributed by atoms with Crippen molar-refractivity contribution in [2.45, 2.75) is 26.7 Å². The first kappa shape index (κ1) is 22.3. The Balaban J connectivity index is 2.17. The predicted molar refractivity (Wildman–Crippen MR) is 110 cm³/mol. The largest absolute Gasteiger partial charge is 0.465 e. The molecule has 0 spiro atoms. The molecule has 0 bridgehead atoms. The smallest absolute Gasteiger partial charge is 0.325 e. The van der Waals surface area contributed by atoms with Gasteiger partial charge in [-0.1, -0.05) is 0 Å². The third kappa shape index (κ3) is 5.76. The summed E-state index contributed by atoms with van der Waals surface area (Å²) in [5, 5.41) is 3.77. The van der Waals surface area contributed by atoms with E-state index in [4.69, 9.17) is 21.1 Å². The number of hydrogen-bond acceptors (Lipinski definition) is 9. The zero-order valence-electron chi connectivity index (χ0n) is 16.5. The van der Waals surface area contributed by atoms with Gasteiger partial charge in [0.15, 0.2) is 0 Å². The van der Waals surface area contributed by atoms with Gasteiger partial charge in [0.1, 0.15) is 17.2 Å². The number of halogens is 1. The summed E-state index contributed by atoms with van der Waals surface area (Å²) in [5.41, 5.74) is 1.05. The van der Waals surface area contributed by atoms with Crippen LogP contribution >= 0.6 is 22.9 Å². The zero-order chi connectivity index (χ0) is 20.7. The molecule has 154 valence electrons. The van der Waals surface area contributed by atoms with Crippen LogP contribution in [0, 0.1) is 6.92 Å². The SMILES string of the molecule is CCOC(=O)CN(C)c1nc(Cl)nc2sc(CCCOC(=O)CNC)c(C)c12. The number of esters is 2. The van der Waals surface area contributed by atoms with E-state index in [9.17, 15) is 9.59 Å². The van der Waals surface area contributed by atoms with E-state index >= 15 is 0 Å². The van der Waals surface area contributed by atoms with Crippen LogP contribution in [-0.4, -0.2) is 62.3 Å². The third-order valence-electron chi connectivity index (χ3n) is 4.01. The average Bonchev–Trinajstić information content (AvgIpc) is 2.94. The second-order valence-corrected chi connectivity index (χ2v) is 7.58. The van der Waals surface area contributed by atoms with Crippen LogP contribution in [0.3, 0.4) is 0 Å². The number of aromatic nitrogens is 2. The molecule has 0 fully saturated rings. The summed E-state index contributed by atoms with van der Waals surface area (Å²) in [5.74, 6) is 0.00367. The number of likely N-dealkylation sites (N-methyl/N-ethyl adjacent to an activating group) is 2. The number of aryl methyl sites for hydroxylation is 2. The molecule has 0 atom stereocenters. The minimum absolute atomic E-state index is 0.0717. The quantitative estimate of drug-likeness (QED) is 0.350. The summed E-state index contributed by atoms with van der Waals surface area (Å²) < 4.78 is 10.2. The Morgan fingerprint density at radius 3 is 2.68 bits per heavy atom. The molecule has 2 rings (SSSR count). The number of fused-ring (bicyclic) bond motifs is 1. The van der Waals surface area contributed by atoms with Crippen molar-refractivity contribution in [3.05, 3.63) is 15.7 Å². The van der Waals surface area contributed by atoms with E-state index < -0.39 is 0 Å². The van der Waals surface area contributed by atoms with Crippen LogP contribution < -0.4 is 10.2 Å². The first-order chi connectivity index (χ1) is 13.4. The number of nitrogens with zero attached hydrogens (tertiary/aromatic N) is 3. The lowest BCUT2D eigenvalue weighted by Gasteiger charge is -2.18. The van der Waals surface area contributed by atoms with Crippen LogP contribution in [0.4, 0.5) is 5.82 Å². The highest BCUT2D eigenvalue weighted by molar-refractivity contribution is 7.19. The van der Waals surface area contributed by atoms with Gasteiger partial charge in [0.05, 0.1) is 25.1 Å². The topological polar surface area (TPSA) is 93.7 Å². The van der Waals surface area contributed by atoms with E-state index in [1.165, 1.54) is 11.3 Å². The van der Waals surface area contributed by atoms with Gasteiger partial charge in [-0.3, -0.25) is 9.59 Å². The average molecular weight is 429 g/mol. The van der Waals surface area contributed by atoms with Crippen molar-refractivity contribution in [3.63, 3.8) is 0 Å². The molecule has 0 saturated heterocycles. The van der Waals surface area contributed by atoms with E-state index in [1.54, 1.807) is 25.9 Å². The maximum absolute atomic E-state index is 11.8. The van der Waals surface area contributed by atoms with Crippen LogP contribution in [0.25, 0.3) is 10.2 Å². The van der Waals surface area contributed by atoms with Crippen molar-refractivity contribution in [2.75, 3.05) is 45.3 Å². The molecule has 2 aromatic heterocycles. The molecule has 0 aliphatic carbocycles. The minimum atomic E-state index is -0.329. The number of thiophene rings is 1. The molecule has 0 saturated carbocycles. The van der Waals surface area contributed by atoms with Gasteiger partial charge in [0, 0.05) is 11.9 Å². The molecule has 10 heteroatoms. The van der Waals surface area contributed by atoms with Gasteiger partial charge in [-0.05, 0) is 50.9 Å². The van der Waals surface area contributed by atoms with Gasteiger partial charge in [0.2, 0.25) is 5.28 Å². The molecule has 0 aliphatic rings. The number of carbonyl (C=O) groups is 2. The van der Waals surface area contributed by atoms with E-state index in [1.807, 2.05) is 6.92 Å². The number of ether oxygens (including phenoxy) is 2. The summed E-state index contributed by atoms with van der Waals surface area (Å²) in [4.78, 5) is 35.5. The zero-order valence-corrected chi connectivity index (χ0v) is 18.1. The third-order valence-corrected chi connectivity index (χ3v) is 5.42. The number of rotatable bonds is 10. The fraction of sp³-hybridized carbons (Fsp3) is 0.556. The van der Waals surface area contributed by atoms with Gasteiger partial charge >= 0.3 is 11.9 Å². The van der Waals surface area contributed by atoms with Gasteiger partial charge in [-0.25, -0.2) is 4.98 Å². The Labute approximate surface area is 173 Å². The summed E-state index contributed by atoms with van der Waals surface area (Å²) >= 11 is 7.63. The minimum Gasteiger partial charge on any atom is -0.465 e. The Morgan fingerprint density at radius 2 is 2.00 bits per heavy atom. The molecule has 2 aromatic rings. The fourth-order valence-electron chi connectivity index (χ4n) is 2.74. The number of hydrogen-bond donors (Lipinski definition) is 1. The number of nitrogens with one attached hydrogen (secondary N) is 1. The molecule has 0 radical (unpaired) electrons. The lowest BCUT2D eigenvalue weighted by atomic mass is 10.1. The maximum Gasteiger partial charge on any atom is 0.325 e. The van der Waals surface area contributed by atoms with E-state index in [-0.39, 0.29) is 30.3 Å². The normalized spacial score (nSPS) is 10.9. The Bertz CT molecular complexity index is 843. The lowest BCUT2D eigenvalue weighted by molar-refractivity contribution is -0.143. The van der Waals surface area contributed by atoms with Crippen molar-refractivity contribution in [2.24, 2.45) is 0 Å². The van der Waals surface area contributed by atoms with E-state index in [2.05, 4.69) is 15.3 Å². The Morgan fingerprint density at radius 1 is 1.25 bits per heavy atom. The molecule has 2 heterocycles. The molecule has 0 aliphatic heterocycles. The van der Waals surface area contributed by atoms with Crippen molar-refractivity contribution in [1.29, 1.82) is 0 Å². The monoisotopic (exact) mass is 428 g/mol. The van der Waals surface area contributed by atoms with Crippen molar-refractivity contribution < 1.29 is 19.1 Å². The van der Waals surface area contributed by atoms with Crippen LogP contribution in [-0.2, 0) is 25.5 Å². The van der Waals surface area contributed by atoms with Gasteiger partial charge < -0.3 is 19.7 Å². The second kappa shape index (κ2) is 10.5. The van der Waals surface area contributed by atoms with Crippen LogP contribution in [0.2, 0.25) is 5.28 Å². The molecule has 0 amide bonds. The summed E-state index contributed by atoms with van der Waals surface area (Å²) in [7, 11) is 3.47. The first-order valence-corrected chi connectivity index (χ1v) is 10.2. The lowest BCUT2D eigenvalue weighted by Crippen LogP contribution is -2.28. The fourth-order valence-corrected chi connectivity index (χ4v) is 4.17. The Kier molecular flexibility index (Phi) is 8.40. The van der Waals surface area contributed by atoms with Gasteiger partial charge in [0.25, 0.3) is 0 Å². The number of anilines is 1. The highest BCUT2D eigenvalue weighted by atomic mass is 35.5. The summed E-state index contributed by atoms with van der Waals surface area (Å²) in [6, 6.07) is 0. The van der Waals surface area contributed by atoms with Gasteiger partial charge in [-0.2, -0.15) is 4.98 Å². The highest BCUT2D eigenvalue weighted by Gasteiger charge is 2.20. The highest BCUT2D eigenvalue weighted by Crippen LogP contribution is 2.36. The van der Waals surface area contributed by atoms with E-state index in [0.717, 1.165) is 27.1 Å². The molecule has 0 aromatic carbocycles. The van der Waals surface area contributed by atoms with E-state index in [0.29, 0.717) is 25.5 Å². The van der Waals surface area contributed by atoms with Crippen molar-refractivity contribution in [3.8, 4) is 0 Å². The first-order valence-electron chi connectivity index (χ1n) is 8.99. The predicted octanol–water partition coefficient (Wildman–Crippen LogP) is 2.35. The van der Waals surface area contributed by atoms with Crippen LogP contribution in [0.5, 0.6) is 0 Å². The van der Waals surface area contributed by atoms with Crippen molar-refractivity contribution >= 4 is 50.9 Å². The maximum atomic E-state index is 11.8. The molecule has 1 N–H and O–H groups in total. The van der Waals surface area contributed by atoms with Crippen LogP contribution in [0.15, 0.2) is 0 Å². The van der Waals surface area contributed by atoms with Gasteiger partial charge in [-0.15, -0.1) is 11.3 Å². The standard InChI is InChI=1S/C18H25ClN4O4S/c1-5-26-14(25)10-23(4)16-15-11(2)12(28-17(15)22-18(19)21-16)7-6-8-27-13(24)9-20-3/h20H,5-10H2,1-4H3. The number of carbonyl (C=O) groups excluding carboxylic acids is 2. The Hall–Kier alpha value is -1.97. The van der Waals surface area contributed by atoms with Crippen molar-refractivity contribution in [1.82, 2.24) is 15.3 Å². The summed E-state index contributed by atoms with van der Waals surface area (Å²) in [6.45, 7) is 4.72. The molecule has 8 nitrogen and oxygen atoms in total. The molecular formula is C18H25ClN4O4S. The molecule has 0 unspecified atom stereocenters. The van der Waals surface area contributed by atoms with Crippen LogP contribution in [0.1, 0.15) is 23.8 Å². The summed E-state index contributed by atoms with van der Waals surface area (Å²) in [6.07, 6.45) is 1.45. The molecular weight excluding hydrogens is 404 g/mol. The second-order valence-electron chi connectivity index (χ2n) is 6.16. The molecule has 28 heavy (non-hydrogen) atoms.